The molecule has 0 unspecified atom stereocenters. The lowest BCUT2D eigenvalue weighted by Gasteiger charge is -2.14. The first-order chi connectivity index (χ1) is 25.6. The number of nitrogens with zero attached hydrogens (tertiary/aromatic N) is 12. The summed E-state index contributed by atoms with van der Waals surface area (Å²) in [5, 5.41) is 40.2. The molecule has 16 heteroatoms. The Hall–Kier alpha value is -4.90. The summed E-state index contributed by atoms with van der Waals surface area (Å²) in [6.45, 7) is 4.16. The summed E-state index contributed by atoms with van der Waals surface area (Å²) < 4.78 is 7.64. The van der Waals surface area contributed by atoms with E-state index in [0.717, 1.165) is 77.4 Å². The lowest BCUT2D eigenvalue weighted by Crippen LogP contribution is -2.14. The zero-order chi connectivity index (χ0) is 35.0. The van der Waals surface area contributed by atoms with Crippen molar-refractivity contribution in [2.45, 2.75) is 46.0 Å². The molecule has 0 saturated carbocycles. The minimum atomic E-state index is 0.711. The van der Waals surface area contributed by atoms with Gasteiger partial charge in [-0.2, -0.15) is 29.8 Å². The Bertz CT molecular complexity index is 2290. The molecular weight excluding hydrogens is 729 g/mol. The number of rotatable bonds is 10. The summed E-state index contributed by atoms with van der Waals surface area (Å²) in [6, 6.07) is 28.9. The third kappa shape index (κ3) is 6.40. The van der Waals surface area contributed by atoms with E-state index in [2.05, 4.69) is 93.0 Å². The van der Waals surface area contributed by atoms with Crippen molar-refractivity contribution in [3.8, 4) is 11.4 Å². The molecule has 6 heterocycles. The Morgan fingerprint density at radius 3 is 1.50 bits per heavy atom. The van der Waals surface area contributed by atoms with Crippen molar-refractivity contribution < 1.29 is 0 Å². The van der Waals surface area contributed by atoms with E-state index in [0.29, 0.717) is 11.5 Å². The molecule has 4 aromatic heterocycles. The van der Waals surface area contributed by atoms with Crippen molar-refractivity contribution in [3.63, 3.8) is 0 Å². The van der Waals surface area contributed by atoms with Crippen LogP contribution in [0.15, 0.2) is 128 Å². The largest absolute Gasteiger partial charge is 0.237 e. The highest BCUT2D eigenvalue weighted by atomic mass is 32.2. The highest BCUT2D eigenvalue weighted by Crippen LogP contribution is 2.33. The van der Waals surface area contributed by atoms with Crippen LogP contribution in [-0.2, 0) is 11.5 Å². The molecule has 2 aliphatic rings. The fourth-order valence-electron chi connectivity index (χ4n) is 6.01. The fraction of sp³-hybridized carbons (Fsp3) is 0.167. The average molecular weight is 759 g/mol. The van der Waals surface area contributed by atoms with Gasteiger partial charge in [0.2, 0.25) is 20.6 Å². The summed E-state index contributed by atoms with van der Waals surface area (Å²) in [5.74, 6) is 2.89. The molecule has 0 fully saturated rings. The second-order valence-electron chi connectivity index (χ2n) is 12.0. The number of fused-ring (bicyclic) bond motifs is 2. The van der Waals surface area contributed by atoms with Crippen molar-refractivity contribution in [2.24, 2.45) is 10.2 Å². The van der Waals surface area contributed by atoms with E-state index < -0.39 is 0 Å². The van der Waals surface area contributed by atoms with Gasteiger partial charge < -0.3 is 0 Å². The highest BCUT2D eigenvalue weighted by Gasteiger charge is 2.25. The SMILES string of the molecule is Cc1c(C2=Nn3c(nnc3SCc3cccc(CSc4nnc5n4N=C(c4cnn(-c6ccccc6)c4C)CS5)c3)SC2)cnn1-c1ccccc1. The van der Waals surface area contributed by atoms with Crippen LogP contribution in [0.1, 0.15) is 33.6 Å². The Morgan fingerprint density at radius 1 is 0.577 bits per heavy atom. The van der Waals surface area contributed by atoms with Crippen molar-refractivity contribution in [1.82, 2.24) is 49.3 Å². The fourth-order valence-corrected chi connectivity index (χ4v) is 9.43. The molecule has 0 amide bonds. The number of aromatic nitrogens is 10. The lowest BCUT2D eigenvalue weighted by molar-refractivity contribution is 0.693. The van der Waals surface area contributed by atoms with Gasteiger partial charge in [0.1, 0.15) is 0 Å². The Balaban J connectivity index is 0.874. The molecule has 0 aliphatic carbocycles. The van der Waals surface area contributed by atoms with Crippen LogP contribution < -0.4 is 0 Å². The predicted octanol–water partition coefficient (Wildman–Crippen LogP) is 7.16. The molecule has 12 nitrogen and oxygen atoms in total. The van der Waals surface area contributed by atoms with Crippen LogP contribution in [-0.4, -0.2) is 72.2 Å². The van der Waals surface area contributed by atoms with Crippen molar-refractivity contribution in [3.05, 3.63) is 131 Å². The van der Waals surface area contributed by atoms with Crippen LogP contribution in [0.4, 0.5) is 0 Å². The van der Waals surface area contributed by atoms with E-state index in [-0.39, 0.29) is 0 Å². The maximum atomic E-state index is 4.99. The van der Waals surface area contributed by atoms with Gasteiger partial charge in [0.15, 0.2) is 0 Å². The van der Waals surface area contributed by atoms with Crippen molar-refractivity contribution in [2.75, 3.05) is 11.5 Å². The molecule has 52 heavy (non-hydrogen) atoms. The molecule has 0 radical (unpaired) electrons. The van der Waals surface area contributed by atoms with Crippen molar-refractivity contribution in [1.29, 1.82) is 0 Å². The van der Waals surface area contributed by atoms with Gasteiger partial charge in [0.25, 0.3) is 0 Å². The van der Waals surface area contributed by atoms with Crippen LogP contribution in [0.3, 0.4) is 0 Å². The topological polar surface area (TPSA) is 122 Å². The molecule has 7 aromatic rings. The number of thioether (sulfide) groups is 4. The zero-order valence-corrected chi connectivity index (χ0v) is 31.3. The van der Waals surface area contributed by atoms with E-state index in [1.165, 1.54) is 11.1 Å². The van der Waals surface area contributed by atoms with E-state index in [1.807, 2.05) is 67.5 Å². The van der Waals surface area contributed by atoms with Crippen LogP contribution >= 0.6 is 47.0 Å². The normalized spacial score (nSPS) is 13.8. The van der Waals surface area contributed by atoms with Gasteiger partial charge in [-0.25, -0.2) is 9.36 Å². The number of hydrogen-bond acceptors (Lipinski definition) is 12. The minimum absolute atomic E-state index is 0.711. The predicted molar refractivity (Wildman–Crippen MR) is 208 cm³/mol. The molecule has 0 spiro atoms. The molecular formula is C36H30N12S4. The van der Waals surface area contributed by atoms with Crippen LogP contribution in [0.5, 0.6) is 0 Å². The van der Waals surface area contributed by atoms with Crippen LogP contribution in [0.25, 0.3) is 11.4 Å². The first kappa shape index (κ1) is 33.0. The smallest absolute Gasteiger partial charge is 0.213 e. The summed E-state index contributed by atoms with van der Waals surface area (Å²) >= 11 is 6.54. The molecule has 258 valence electrons. The first-order valence-corrected chi connectivity index (χ1v) is 20.4. The van der Waals surface area contributed by atoms with Gasteiger partial charge in [0.05, 0.1) is 46.6 Å². The summed E-state index contributed by atoms with van der Waals surface area (Å²) in [5.41, 5.74) is 10.5. The van der Waals surface area contributed by atoms with E-state index in [4.69, 9.17) is 10.2 Å². The monoisotopic (exact) mass is 758 g/mol. The Labute approximate surface area is 316 Å². The summed E-state index contributed by atoms with van der Waals surface area (Å²) in [7, 11) is 0. The summed E-state index contributed by atoms with van der Waals surface area (Å²) in [4.78, 5) is 0. The van der Waals surface area contributed by atoms with Gasteiger partial charge in [-0.15, -0.1) is 20.4 Å². The number of hydrogen-bond donors (Lipinski definition) is 0. The van der Waals surface area contributed by atoms with E-state index >= 15 is 0 Å². The van der Waals surface area contributed by atoms with E-state index in [1.54, 1.807) is 47.0 Å². The molecule has 0 N–H and O–H groups in total. The van der Waals surface area contributed by atoms with Crippen LogP contribution in [0, 0.1) is 13.8 Å². The molecule has 0 atom stereocenters. The standard InChI is InChI=1S/C36H30N12S4/c1-23-29(17-37-45(23)27-12-5-3-6-13-27)31-21-51-35-41-39-33(47(35)43-31)49-19-25-10-9-11-26(16-25)20-50-34-40-42-36-48(34)44-32(22-52-36)30-18-38-46(24(30)2)28-14-7-4-8-15-28/h3-18H,19-22H2,1-2H3. The Morgan fingerprint density at radius 2 is 1.04 bits per heavy atom. The minimum Gasteiger partial charge on any atom is -0.237 e. The molecule has 3 aromatic carbocycles. The van der Waals surface area contributed by atoms with Gasteiger partial charge in [0, 0.05) is 34.1 Å². The second kappa shape index (κ2) is 14.3. The molecule has 2 aliphatic heterocycles. The maximum absolute atomic E-state index is 4.99. The van der Waals surface area contributed by atoms with Crippen LogP contribution in [0.2, 0.25) is 0 Å². The quantitative estimate of drug-likeness (QED) is 0.133. The first-order valence-electron chi connectivity index (χ1n) is 16.5. The van der Waals surface area contributed by atoms with Gasteiger partial charge in [-0.3, -0.25) is 0 Å². The maximum Gasteiger partial charge on any atom is 0.213 e. The highest BCUT2D eigenvalue weighted by molar-refractivity contribution is 8.00. The van der Waals surface area contributed by atoms with Gasteiger partial charge in [-0.1, -0.05) is 108 Å². The summed E-state index contributed by atoms with van der Waals surface area (Å²) in [6.07, 6.45) is 3.80. The zero-order valence-electron chi connectivity index (χ0n) is 28.1. The van der Waals surface area contributed by atoms with Gasteiger partial charge in [-0.05, 0) is 49.2 Å². The molecule has 0 saturated heterocycles. The third-order valence-electron chi connectivity index (χ3n) is 8.65. The average Bonchev–Trinajstić information content (AvgIpc) is 3.98. The van der Waals surface area contributed by atoms with Crippen molar-refractivity contribution >= 4 is 58.5 Å². The molecule has 0 bridgehead atoms. The third-order valence-corrected chi connectivity index (χ3v) is 12.5. The number of para-hydroxylation sites is 2. The van der Waals surface area contributed by atoms with E-state index in [9.17, 15) is 0 Å². The number of benzene rings is 3. The lowest BCUT2D eigenvalue weighted by atomic mass is 10.2. The molecule has 9 rings (SSSR count). The second-order valence-corrected chi connectivity index (χ2v) is 15.8. The Kier molecular flexibility index (Phi) is 9.04. The van der Waals surface area contributed by atoms with Gasteiger partial charge >= 0.3 is 0 Å².